The lowest BCUT2D eigenvalue weighted by atomic mass is 10.1. The van der Waals surface area contributed by atoms with Gasteiger partial charge in [-0.3, -0.25) is 13.8 Å². The van der Waals surface area contributed by atoms with Gasteiger partial charge in [0, 0.05) is 13.0 Å². The molecule has 9 nitrogen and oxygen atoms in total. The molecule has 0 aliphatic heterocycles. The Morgan fingerprint density at radius 2 is 0.891 bits per heavy atom. The molecule has 10 heteroatoms. The minimum atomic E-state index is -4.54. The molecule has 0 aromatic rings. The summed E-state index contributed by atoms with van der Waals surface area (Å²) in [4.78, 5) is 22.7. The van der Waals surface area contributed by atoms with E-state index in [9.17, 15) is 19.4 Å². The summed E-state index contributed by atoms with van der Waals surface area (Å²) < 4.78 is 33.5. The first-order valence-electron chi connectivity index (χ1n) is 25.2. The molecule has 0 bridgehead atoms. The van der Waals surface area contributed by atoms with Crippen LogP contribution in [0.4, 0.5) is 0 Å². The molecule has 0 saturated carbocycles. The number of allylic oxidation sites excluding steroid dienone is 16. The third kappa shape index (κ3) is 48.8. The van der Waals surface area contributed by atoms with Gasteiger partial charge >= 0.3 is 13.8 Å². The summed E-state index contributed by atoms with van der Waals surface area (Å²) in [5.74, 6) is -0.402. The van der Waals surface area contributed by atoms with Crippen molar-refractivity contribution in [2.75, 3.05) is 33.0 Å². The first-order chi connectivity index (χ1) is 31.3. The number of ether oxygens (including phenoxy) is 2. The number of rotatable bonds is 47. The van der Waals surface area contributed by atoms with Gasteiger partial charge in [-0.15, -0.1) is 0 Å². The zero-order valence-electron chi connectivity index (χ0n) is 40.5. The van der Waals surface area contributed by atoms with Crippen LogP contribution in [0.3, 0.4) is 0 Å². The van der Waals surface area contributed by atoms with Crippen molar-refractivity contribution < 1.29 is 43.0 Å². The Morgan fingerprint density at radius 3 is 1.34 bits per heavy atom. The maximum Gasteiger partial charge on any atom is 0.472 e. The van der Waals surface area contributed by atoms with Crippen LogP contribution >= 0.6 is 7.82 Å². The van der Waals surface area contributed by atoms with Crippen molar-refractivity contribution in [1.29, 1.82) is 0 Å². The molecule has 0 aromatic heterocycles. The highest BCUT2D eigenvalue weighted by Gasteiger charge is 2.26. The van der Waals surface area contributed by atoms with Gasteiger partial charge in [0.25, 0.3) is 0 Å². The predicted molar refractivity (Wildman–Crippen MR) is 269 cm³/mol. The van der Waals surface area contributed by atoms with E-state index in [1.807, 2.05) is 0 Å². The zero-order valence-corrected chi connectivity index (χ0v) is 41.4. The number of hydrogen-bond acceptors (Lipinski definition) is 8. The fourth-order valence-corrected chi connectivity index (χ4v) is 7.24. The second-order valence-electron chi connectivity index (χ2n) is 16.4. The van der Waals surface area contributed by atoms with Gasteiger partial charge in [0.2, 0.25) is 0 Å². The number of aliphatic hydroxyl groups excluding tert-OH is 2. The van der Waals surface area contributed by atoms with Crippen LogP contribution in [-0.4, -0.2) is 66.3 Å². The fraction of sp³-hybridized carbons (Fsp3) is 0.685. The molecule has 0 fully saturated rings. The van der Waals surface area contributed by atoms with Crippen molar-refractivity contribution in [1.82, 2.24) is 0 Å². The Balaban J connectivity index is 4.20. The van der Waals surface area contributed by atoms with Crippen molar-refractivity contribution in [2.24, 2.45) is 0 Å². The number of hydrogen-bond donors (Lipinski definition) is 3. The number of aliphatic hydroxyl groups is 2. The largest absolute Gasteiger partial charge is 0.472 e. The number of carbonyl (C=O) groups is 1. The standard InChI is InChI=1S/C54H93O9P/c1-3-5-7-9-11-13-15-17-19-21-23-25-27-29-31-33-35-37-39-41-43-45-47-60-50-53(51-62-64(58,59)61-49-52(56)48-55)63-54(57)46-44-42-40-38-36-34-32-30-28-26-24-22-20-18-16-14-12-10-8-6-4-2/h5,7,11,13,16-19,22-25,29,31,35,37,52-53,55-56H,3-4,6,8-10,12,14-15,20-21,26-28,30,32-34,36,38-51H2,1-2H3,(H,58,59)/b7-5-,13-11-,18-16-,19-17-,24-22-,25-23-,31-29-,37-35-. The number of unbranched alkanes of at least 4 members (excludes halogenated alkanes) is 17. The van der Waals surface area contributed by atoms with E-state index >= 15 is 0 Å². The molecule has 368 valence electrons. The average Bonchev–Trinajstić information content (AvgIpc) is 3.29. The molecule has 3 unspecified atom stereocenters. The Hall–Kier alpha value is -2.62. The lowest BCUT2D eigenvalue weighted by Gasteiger charge is -2.20. The molecule has 0 radical (unpaired) electrons. The van der Waals surface area contributed by atoms with Crippen molar-refractivity contribution in [2.45, 2.75) is 206 Å². The minimum absolute atomic E-state index is 0.0189. The van der Waals surface area contributed by atoms with E-state index < -0.39 is 45.8 Å². The van der Waals surface area contributed by atoms with E-state index in [1.54, 1.807) is 0 Å². The van der Waals surface area contributed by atoms with Gasteiger partial charge in [0.1, 0.15) is 12.2 Å². The quantitative estimate of drug-likeness (QED) is 0.0236. The van der Waals surface area contributed by atoms with Crippen molar-refractivity contribution >= 4 is 13.8 Å². The summed E-state index contributed by atoms with van der Waals surface area (Å²) in [6.07, 6.45) is 63.7. The second kappa shape index (κ2) is 49.8. The highest BCUT2D eigenvalue weighted by atomic mass is 31.2. The fourth-order valence-electron chi connectivity index (χ4n) is 6.45. The molecular weight excluding hydrogens is 824 g/mol. The van der Waals surface area contributed by atoms with Gasteiger partial charge in [-0.1, -0.05) is 188 Å². The highest BCUT2D eigenvalue weighted by Crippen LogP contribution is 2.43. The topological polar surface area (TPSA) is 132 Å². The molecular formula is C54H93O9P. The van der Waals surface area contributed by atoms with E-state index in [1.165, 1.54) is 70.6 Å². The van der Waals surface area contributed by atoms with Crippen molar-refractivity contribution in [3.63, 3.8) is 0 Å². The molecule has 0 heterocycles. The zero-order chi connectivity index (χ0) is 46.7. The Kier molecular flexibility index (Phi) is 47.8. The third-order valence-corrected chi connectivity index (χ3v) is 11.2. The average molecular weight is 917 g/mol. The molecule has 0 saturated heterocycles. The SMILES string of the molecule is CC/C=C\C/C=C\C/C=C\C/C=C\C/C=C\C/C=C\CCCCCOCC(COP(=O)(O)OCC(O)CO)OC(=O)CCCCCCCCCCC/C=C\C/C=C\CCCCCCC. The third-order valence-electron chi connectivity index (χ3n) is 10.3. The number of phosphoric acid groups is 1. The van der Waals surface area contributed by atoms with Crippen LogP contribution in [0.25, 0.3) is 0 Å². The molecule has 0 spiro atoms. The molecule has 64 heavy (non-hydrogen) atoms. The molecule has 0 aromatic carbocycles. The first-order valence-corrected chi connectivity index (χ1v) is 26.7. The van der Waals surface area contributed by atoms with E-state index in [4.69, 9.17) is 23.6 Å². The van der Waals surface area contributed by atoms with Gasteiger partial charge in [-0.2, -0.15) is 0 Å². The summed E-state index contributed by atoms with van der Waals surface area (Å²) in [5.41, 5.74) is 0. The van der Waals surface area contributed by atoms with Crippen LogP contribution in [0.5, 0.6) is 0 Å². The lowest BCUT2D eigenvalue weighted by molar-refractivity contribution is -0.154. The molecule has 0 rings (SSSR count). The maximum atomic E-state index is 12.7. The molecule has 0 aliphatic rings. The van der Waals surface area contributed by atoms with Crippen LogP contribution in [-0.2, 0) is 27.9 Å². The van der Waals surface area contributed by atoms with E-state index in [2.05, 4.69) is 111 Å². The number of phosphoric ester groups is 1. The molecule has 3 atom stereocenters. The first kappa shape index (κ1) is 61.4. The van der Waals surface area contributed by atoms with Gasteiger partial charge in [-0.05, 0) is 96.3 Å². The predicted octanol–water partition coefficient (Wildman–Crippen LogP) is 14.8. The Bertz CT molecular complexity index is 1320. The van der Waals surface area contributed by atoms with Gasteiger partial charge < -0.3 is 24.6 Å². The summed E-state index contributed by atoms with van der Waals surface area (Å²) in [5, 5.41) is 18.4. The lowest BCUT2D eigenvalue weighted by Crippen LogP contribution is -2.29. The normalized spacial score (nSPS) is 14.6. The Morgan fingerprint density at radius 1 is 0.500 bits per heavy atom. The van der Waals surface area contributed by atoms with Crippen LogP contribution in [0.15, 0.2) is 97.2 Å². The highest BCUT2D eigenvalue weighted by molar-refractivity contribution is 7.47. The Labute approximate surface area is 391 Å². The van der Waals surface area contributed by atoms with Crippen molar-refractivity contribution in [3.05, 3.63) is 97.2 Å². The van der Waals surface area contributed by atoms with E-state index in [-0.39, 0.29) is 13.0 Å². The summed E-state index contributed by atoms with van der Waals surface area (Å²) >= 11 is 0. The van der Waals surface area contributed by atoms with Gasteiger partial charge in [0.05, 0.1) is 26.4 Å². The van der Waals surface area contributed by atoms with Crippen molar-refractivity contribution in [3.8, 4) is 0 Å². The summed E-state index contributed by atoms with van der Waals surface area (Å²) in [6, 6.07) is 0. The number of carbonyl (C=O) groups excluding carboxylic acids is 1. The van der Waals surface area contributed by atoms with E-state index in [0.717, 1.165) is 96.3 Å². The smallest absolute Gasteiger partial charge is 0.457 e. The second-order valence-corrected chi connectivity index (χ2v) is 17.9. The number of esters is 1. The van der Waals surface area contributed by atoms with Crippen LogP contribution in [0, 0.1) is 0 Å². The minimum Gasteiger partial charge on any atom is -0.457 e. The molecule has 0 amide bonds. The molecule has 3 N–H and O–H groups in total. The summed E-state index contributed by atoms with van der Waals surface area (Å²) in [6.45, 7) is 3.30. The molecule has 0 aliphatic carbocycles. The van der Waals surface area contributed by atoms with E-state index in [0.29, 0.717) is 13.0 Å². The van der Waals surface area contributed by atoms with Gasteiger partial charge in [-0.25, -0.2) is 4.57 Å². The maximum absolute atomic E-state index is 12.7. The summed E-state index contributed by atoms with van der Waals surface area (Å²) in [7, 11) is -4.54. The van der Waals surface area contributed by atoms with Crippen LogP contribution in [0.2, 0.25) is 0 Å². The van der Waals surface area contributed by atoms with Crippen LogP contribution < -0.4 is 0 Å². The van der Waals surface area contributed by atoms with Gasteiger partial charge in [0.15, 0.2) is 0 Å². The van der Waals surface area contributed by atoms with Crippen LogP contribution in [0.1, 0.15) is 194 Å². The monoisotopic (exact) mass is 917 g/mol.